The van der Waals surface area contributed by atoms with Crippen LogP contribution in [-0.2, 0) is 14.3 Å². The molecule has 0 aliphatic carbocycles. The molecule has 1 rings (SSSR count). The standard InChI is InChI=1S/C12H16BrNO4/c1-3-17-11(15)10(12(16)18-4-2)9-6-5-8(13)7-14-9/h5-7,10-11,15H,3-4H2,1-2H3. The quantitative estimate of drug-likeness (QED) is 0.640. The third-order valence-electron chi connectivity index (χ3n) is 2.23. The third-order valence-corrected chi connectivity index (χ3v) is 2.70. The minimum absolute atomic E-state index is 0.241. The summed E-state index contributed by atoms with van der Waals surface area (Å²) in [5.41, 5.74) is 0.414. The molecule has 0 aromatic carbocycles. The lowest BCUT2D eigenvalue weighted by Gasteiger charge is -2.20. The molecule has 0 spiro atoms. The number of esters is 1. The Balaban J connectivity index is 2.95. The predicted molar refractivity (Wildman–Crippen MR) is 68.9 cm³/mol. The number of hydrogen-bond acceptors (Lipinski definition) is 5. The molecule has 100 valence electrons. The van der Waals surface area contributed by atoms with E-state index in [2.05, 4.69) is 20.9 Å². The summed E-state index contributed by atoms with van der Waals surface area (Å²) in [4.78, 5) is 15.9. The molecule has 0 aliphatic heterocycles. The molecule has 2 atom stereocenters. The third kappa shape index (κ3) is 4.04. The molecule has 0 bridgehead atoms. The Morgan fingerprint density at radius 1 is 1.44 bits per heavy atom. The van der Waals surface area contributed by atoms with E-state index in [1.165, 1.54) is 0 Å². The van der Waals surface area contributed by atoms with E-state index in [0.29, 0.717) is 12.3 Å². The molecule has 0 saturated heterocycles. The highest BCUT2D eigenvalue weighted by Crippen LogP contribution is 2.22. The van der Waals surface area contributed by atoms with E-state index < -0.39 is 18.2 Å². The summed E-state index contributed by atoms with van der Waals surface area (Å²) in [5.74, 6) is -1.48. The lowest BCUT2D eigenvalue weighted by molar-refractivity contribution is -0.163. The predicted octanol–water partition coefficient (Wildman–Crippen LogP) is 1.85. The molecule has 0 aliphatic rings. The van der Waals surface area contributed by atoms with E-state index in [1.54, 1.807) is 32.2 Å². The number of aliphatic hydroxyl groups is 1. The number of nitrogens with zero attached hydrogens (tertiary/aromatic N) is 1. The summed E-state index contributed by atoms with van der Waals surface area (Å²) in [6, 6.07) is 3.39. The van der Waals surface area contributed by atoms with Gasteiger partial charge in [-0.1, -0.05) is 0 Å². The van der Waals surface area contributed by atoms with Crippen molar-refractivity contribution >= 4 is 21.9 Å². The van der Waals surface area contributed by atoms with E-state index in [0.717, 1.165) is 4.47 Å². The SMILES string of the molecule is CCOC(=O)C(c1ccc(Br)cn1)C(O)OCC. The highest BCUT2D eigenvalue weighted by atomic mass is 79.9. The van der Waals surface area contributed by atoms with E-state index in [9.17, 15) is 9.90 Å². The minimum Gasteiger partial charge on any atom is -0.465 e. The summed E-state index contributed by atoms with van der Waals surface area (Å²) in [6.45, 7) is 3.98. The summed E-state index contributed by atoms with van der Waals surface area (Å²) in [6.07, 6.45) is 0.294. The van der Waals surface area contributed by atoms with Crippen LogP contribution >= 0.6 is 15.9 Å². The van der Waals surface area contributed by atoms with Crippen molar-refractivity contribution in [3.8, 4) is 0 Å². The number of carbonyl (C=O) groups excluding carboxylic acids is 1. The van der Waals surface area contributed by atoms with Gasteiger partial charge in [-0.05, 0) is 41.9 Å². The van der Waals surface area contributed by atoms with Gasteiger partial charge in [0.2, 0.25) is 0 Å². The number of halogens is 1. The van der Waals surface area contributed by atoms with Crippen LogP contribution < -0.4 is 0 Å². The maximum atomic E-state index is 11.8. The number of hydrogen-bond donors (Lipinski definition) is 1. The highest BCUT2D eigenvalue weighted by molar-refractivity contribution is 9.10. The molecule has 18 heavy (non-hydrogen) atoms. The Hall–Kier alpha value is -0.980. The van der Waals surface area contributed by atoms with E-state index in [-0.39, 0.29) is 6.61 Å². The van der Waals surface area contributed by atoms with Crippen LogP contribution in [0, 0.1) is 0 Å². The van der Waals surface area contributed by atoms with Crippen molar-refractivity contribution in [2.24, 2.45) is 0 Å². The smallest absolute Gasteiger partial charge is 0.320 e. The first-order valence-electron chi connectivity index (χ1n) is 5.67. The molecule has 1 aromatic heterocycles. The van der Waals surface area contributed by atoms with Crippen LogP contribution in [0.1, 0.15) is 25.5 Å². The van der Waals surface area contributed by atoms with Crippen LogP contribution in [0.2, 0.25) is 0 Å². The van der Waals surface area contributed by atoms with Crippen molar-refractivity contribution in [3.05, 3.63) is 28.5 Å². The van der Waals surface area contributed by atoms with Crippen molar-refractivity contribution in [1.29, 1.82) is 0 Å². The largest absolute Gasteiger partial charge is 0.465 e. The molecular weight excluding hydrogens is 302 g/mol. The number of aliphatic hydroxyl groups excluding tert-OH is 1. The summed E-state index contributed by atoms with van der Waals surface area (Å²) < 4.78 is 10.8. The average molecular weight is 318 g/mol. The molecule has 0 radical (unpaired) electrons. The Morgan fingerprint density at radius 2 is 2.17 bits per heavy atom. The Bertz CT molecular complexity index is 382. The monoisotopic (exact) mass is 317 g/mol. The van der Waals surface area contributed by atoms with Crippen LogP contribution in [0.3, 0.4) is 0 Å². The van der Waals surface area contributed by atoms with Gasteiger partial charge in [0.15, 0.2) is 6.29 Å². The molecule has 5 nitrogen and oxygen atoms in total. The Morgan fingerprint density at radius 3 is 2.67 bits per heavy atom. The molecule has 1 aromatic rings. The summed E-state index contributed by atoms with van der Waals surface area (Å²) in [5, 5.41) is 9.85. The van der Waals surface area contributed by atoms with Gasteiger partial charge in [0, 0.05) is 17.3 Å². The van der Waals surface area contributed by atoms with E-state index in [4.69, 9.17) is 9.47 Å². The number of rotatable bonds is 6. The van der Waals surface area contributed by atoms with E-state index >= 15 is 0 Å². The van der Waals surface area contributed by atoms with Crippen LogP contribution in [-0.4, -0.2) is 35.6 Å². The maximum Gasteiger partial charge on any atom is 0.320 e. The molecule has 2 unspecified atom stereocenters. The van der Waals surface area contributed by atoms with Crippen LogP contribution in [0.25, 0.3) is 0 Å². The second-order valence-corrected chi connectivity index (χ2v) is 4.39. The number of carbonyl (C=O) groups is 1. The van der Waals surface area contributed by atoms with Gasteiger partial charge >= 0.3 is 5.97 Å². The van der Waals surface area contributed by atoms with Crippen LogP contribution in [0.15, 0.2) is 22.8 Å². The normalized spacial score (nSPS) is 14.0. The molecule has 1 N–H and O–H groups in total. The first-order chi connectivity index (χ1) is 8.60. The molecule has 0 saturated carbocycles. The summed E-state index contributed by atoms with van der Waals surface area (Å²) in [7, 11) is 0. The van der Waals surface area contributed by atoms with Crippen molar-refractivity contribution < 1.29 is 19.4 Å². The van der Waals surface area contributed by atoms with Gasteiger partial charge in [-0.3, -0.25) is 9.78 Å². The fourth-order valence-electron chi connectivity index (χ4n) is 1.45. The van der Waals surface area contributed by atoms with Crippen molar-refractivity contribution in [2.45, 2.75) is 26.1 Å². The average Bonchev–Trinajstić information content (AvgIpc) is 2.33. The van der Waals surface area contributed by atoms with Crippen molar-refractivity contribution in [2.75, 3.05) is 13.2 Å². The number of pyridine rings is 1. The first-order valence-corrected chi connectivity index (χ1v) is 6.47. The van der Waals surface area contributed by atoms with Gasteiger partial charge in [0.05, 0.1) is 12.3 Å². The Kier molecular flexibility index (Phi) is 6.24. The number of aromatic nitrogens is 1. The molecule has 1 heterocycles. The zero-order valence-corrected chi connectivity index (χ0v) is 11.9. The van der Waals surface area contributed by atoms with Gasteiger partial charge in [0.25, 0.3) is 0 Å². The molecule has 6 heteroatoms. The Labute approximate surface area is 114 Å². The molecule has 0 amide bonds. The first kappa shape index (κ1) is 15.1. The molecule has 0 fully saturated rings. The van der Waals surface area contributed by atoms with Gasteiger partial charge in [0.1, 0.15) is 5.92 Å². The lowest BCUT2D eigenvalue weighted by Crippen LogP contribution is -2.30. The second kappa shape index (κ2) is 7.45. The van der Waals surface area contributed by atoms with Gasteiger partial charge in [-0.25, -0.2) is 0 Å². The lowest BCUT2D eigenvalue weighted by atomic mass is 10.0. The van der Waals surface area contributed by atoms with Gasteiger partial charge < -0.3 is 14.6 Å². The van der Waals surface area contributed by atoms with Gasteiger partial charge in [-0.15, -0.1) is 0 Å². The molecular formula is C12H16BrNO4. The second-order valence-electron chi connectivity index (χ2n) is 3.48. The van der Waals surface area contributed by atoms with Gasteiger partial charge in [-0.2, -0.15) is 0 Å². The zero-order chi connectivity index (χ0) is 13.5. The van der Waals surface area contributed by atoms with Crippen molar-refractivity contribution in [1.82, 2.24) is 4.98 Å². The minimum atomic E-state index is -1.26. The highest BCUT2D eigenvalue weighted by Gasteiger charge is 2.31. The maximum absolute atomic E-state index is 11.8. The summed E-state index contributed by atoms with van der Waals surface area (Å²) >= 11 is 3.26. The van der Waals surface area contributed by atoms with Crippen LogP contribution in [0.4, 0.5) is 0 Å². The fraction of sp³-hybridized carbons (Fsp3) is 0.500. The zero-order valence-electron chi connectivity index (χ0n) is 10.3. The number of ether oxygens (including phenoxy) is 2. The topological polar surface area (TPSA) is 68.7 Å². The van der Waals surface area contributed by atoms with Crippen LogP contribution in [0.5, 0.6) is 0 Å². The van der Waals surface area contributed by atoms with E-state index in [1.807, 2.05) is 0 Å². The fourth-order valence-corrected chi connectivity index (χ4v) is 1.69. The van der Waals surface area contributed by atoms with Crippen molar-refractivity contribution in [3.63, 3.8) is 0 Å².